The molecule has 43 heavy (non-hydrogen) atoms. The molecule has 220 valence electrons. The van der Waals surface area contributed by atoms with E-state index in [2.05, 4.69) is 94.5 Å². The van der Waals surface area contributed by atoms with Gasteiger partial charge < -0.3 is 15.7 Å². The normalized spacial score (nSPS) is 21.7. The van der Waals surface area contributed by atoms with Crippen LogP contribution in [0.15, 0.2) is 60.7 Å². The van der Waals surface area contributed by atoms with Crippen molar-refractivity contribution < 1.29 is 5.11 Å². The van der Waals surface area contributed by atoms with E-state index in [-0.39, 0.29) is 16.5 Å². The third-order valence-electron chi connectivity index (χ3n) is 10.5. The van der Waals surface area contributed by atoms with Gasteiger partial charge in [-0.3, -0.25) is 0 Å². The lowest BCUT2D eigenvalue weighted by Crippen LogP contribution is -2.45. The maximum Gasteiger partial charge on any atom is 0.142 e. The van der Waals surface area contributed by atoms with Gasteiger partial charge in [0.05, 0.1) is 11.1 Å². The van der Waals surface area contributed by atoms with Crippen molar-refractivity contribution in [1.29, 1.82) is 0 Å². The quantitative estimate of drug-likeness (QED) is 0.257. The van der Waals surface area contributed by atoms with Crippen LogP contribution in [0.3, 0.4) is 0 Å². The number of benzene rings is 3. The minimum absolute atomic E-state index is 0.153. The molecule has 4 aliphatic rings. The Morgan fingerprint density at radius 2 is 1.16 bits per heavy atom. The Hall–Kier alpha value is -3.74. The van der Waals surface area contributed by atoms with Crippen LogP contribution >= 0.6 is 0 Å². The Morgan fingerprint density at radius 1 is 0.674 bits per heavy atom. The van der Waals surface area contributed by atoms with Crippen molar-refractivity contribution in [3.63, 3.8) is 0 Å². The summed E-state index contributed by atoms with van der Waals surface area (Å²) in [5.41, 5.74) is 11.1. The highest BCUT2D eigenvalue weighted by Gasteiger charge is 2.52. The Morgan fingerprint density at radius 3 is 1.65 bits per heavy atom. The van der Waals surface area contributed by atoms with Crippen molar-refractivity contribution in [3.8, 4) is 12.3 Å². The summed E-state index contributed by atoms with van der Waals surface area (Å²) in [6.45, 7) is 13.3. The summed E-state index contributed by atoms with van der Waals surface area (Å²) in [5.74, 6) is 2.92. The van der Waals surface area contributed by atoms with Gasteiger partial charge >= 0.3 is 0 Å². The maximum absolute atomic E-state index is 13.5. The van der Waals surface area contributed by atoms with Crippen LogP contribution in [0.4, 0.5) is 11.4 Å². The summed E-state index contributed by atoms with van der Waals surface area (Å²) in [4.78, 5) is 0. The van der Waals surface area contributed by atoms with Crippen molar-refractivity contribution in [2.24, 2.45) is 0 Å². The molecule has 3 N–H and O–H groups in total. The molecule has 2 aliphatic heterocycles. The molecule has 3 aromatic carbocycles. The largest absolute Gasteiger partial charge is 0.376 e. The number of hydrogen-bond acceptors (Lipinski definition) is 3. The van der Waals surface area contributed by atoms with Gasteiger partial charge in [0.1, 0.15) is 5.60 Å². The van der Waals surface area contributed by atoms with Crippen LogP contribution in [0.2, 0.25) is 0 Å². The molecule has 0 radical (unpaired) electrons. The molecule has 0 atom stereocenters. The summed E-state index contributed by atoms with van der Waals surface area (Å²) in [6, 6.07) is 17.3. The fourth-order valence-electron chi connectivity index (χ4n) is 8.83. The molecule has 1 spiro atoms. The molecule has 1 saturated carbocycles. The lowest BCUT2D eigenvalue weighted by molar-refractivity contribution is 0.114. The molecule has 3 nitrogen and oxygen atoms in total. The third-order valence-corrected chi connectivity index (χ3v) is 10.5. The number of rotatable bonds is 1. The molecule has 2 aliphatic carbocycles. The van der Waals surface area contributed by atoms with Crippen molar-refractivity contribution in [2.75, 3.05) is 10.6 Å². The van der Waals surface area contributed by atoms with E-state index in [1.54, 1.807) is 0 Å². The van der Waals surface area contributed by atoms with E-state index >= 15 is 0 Å². The Labute approximate surface area is 257 Å². The van der Waals surface area contributed by atoms with E-state index < -0.39 is 5.60 Å². The van der Waals surface area contributed by atoms with Crippen LogP contribution in [0.25, 0.3) is 11.1 Å². The molecule has 2 heterocycles. The topological polar surface area (TPSA) is 44.3 Å². The van der Waals surface area contributed by atoms with Crippen LogP contribution in [0.1, 0.15) is 125 Å². The second kappa shape index (κ2) is 9.38. The first kappa shape index (κ1) is 28.1. The van der Waals surface area contributed by atoms with Crippen LogP contribution in [0, 0.1) is 12.3 Å². The first-order chi connectivity index (χ1) is 20.4. The number of fused-ring (bicyclic) bond motifs is 6. The third kappa shape index (κ3) is 4.14. The lowest BCUT2D eigenvalue weighted by atomic mass is 9.56. The monoisotopic (exact) mass is 568 g/mol. The standard InChI is InChI=1S/C40H44N2O/c1-8-27-15-11-12-16-30(27)40(43)33-19-28-25(2)23-37(4,5)41-35(28)21-31(33)39(17-13-9-10-14-18-39)32-22-36-29(20-34(32)40)26(3)24-38(6,7)42-36/h1,11-12,15-16,19-24,41-43H,9-10,13-14,17-18H2,2-7H3. The first-order valence-corrected chi connectivity index (χ1v) is 16.0. The zero-order chi connectivity index (χ0) is 30.4. The van der Waals surface area contributed by atoms with Crippen LogP contribution in [-0.4, -0.2) is 16.2 Å². The minimum atomic E-state index is -1.41. The molecule has 0 bridgehead atoms. The predicted molar refractivity (Wildman–Crippen MR) is 181 cm³/mol. The van der Waals surface area contributed by atoms with Gasteiger partial charge in [0.25, 0.3) is 0 Å². The zero-order valence-electron chi connectivity index (χ0n) is 26.5. The molecule has 0 aromatic heterocycles. The molecule has 3 heteroatoms. The van der Waals surface area contributed by atoms with Gasteiger partial charge in [-0.1, -0.05) is 62.0 Å². The van der Waals surface area contributed by atoms with E-state index in [4.69, 9.17) is 6.42 Å². The SMILES string of the molecule is C#Cc1ccccc1C1(O)c2cc3c(cc2C2(CCCCCC2)c2cc4c(cc21)C(C)=CC(C)(C)N4)NC(C)(C)C=C3C. The lowest BCUT2D eigenvalue weighted by Gasteiger charge is -2.49. The minimum Gasteiger partial charge on any atom is -0.376 e. The average Bonchev–Trinajstić information content (AvgIpc) is 3.21. The Balaban J connectivity index is 1.63. The smallest absolute Gasteiger partial charge is 0.142 e. The second-order valence-corrected chi connectivity index (χ2v) is 14.6. The molecule has 1 fully saturated rings. The number of hydrogen-bond donors (Lipinski definition) is 3. The van der Waals surface area contributed by atoms with Gasteiger partial charge in [-0.05, 0) is 118 Å². The van der Waals surface area contributed by atoms with E-state index in [0.717, 1.165) is 57.6 Å². The van der Waals surface area contributed by atoms with E-state index in [9.17, 15) is 5.11 Å². The van der Waals surface area contributed by atoms with E-state index in [1.165, 1.54) is 48.0 Å². The van der Waals surface area contributed by atoms with Crippen LogP contribution < -0.4 is 10.6 Å². The highest BCUT2D eigenvalue weighted by molar-refractivity contribution is 5.86. The molecule has 0 unspecified atom stereocenters. The highest BCUT2D eigenvalue weighted by atomic mass is 16.3. The summed E-state index contributed by atoms with van der Waals surface area (Å²) >= 11 is 0. The van der Waals surface area contributed by atoms with Gasteiger partial charge in [0.15, 0.2) is 0 Å². The van der Waals surface area contributed by atoms with Crippen molar-refractivity contribution in [2.45, 2.75) is 102 Å². The fourth-order valence-corrected chi connectivity index (χ4v) is 8.83. The van der Waals surface area contributed by atoms with E-state index in [1.807, 2.05) is 24.3 Å². The highest BCUT2D eigenvalue weighted by Crippen LogP contribution is 2.59. The fraction of sp³-hybridized carbons (Fsp3) is 0.400. The number of terminal acetylenes is 1. The maximum atomic E-state index is 13.5. The van der Waals surface area contributed by atoms with Gasteiger partial charge in [-0.15, -0.1) is 6.42 Å². The predicted octanol–water partition coefficient (Wildman–Crippen LogP) is 9.12. The van der Waals surface area contributed by atoms with Gasteiger partial charge in [0.2, 0.25) is 0 Å². The van der Waals surface area contributed by atoms with Gasteiger partial charge in [-0.25, -0.2) is 0 Å². The summed E-state index contributed by atoms with van der Waals surface area (Å²) in [5, 5.41) is 21.2. The van der Waals surface area contributed by atoms with Gasteiger partial charge in [0, 0.05) is 39.0 Å². The number of anilines is 2. The summed E-state index contributed by atoms with van der Waals surface area (Å²) in [7, 11) is 0. The van der Waals surface area contributed by atoms with Crippen LogP contribution in [-0.2, 0) is 11.0 Å². The second-order valence-electron chi connectivity index (χ2n) is 14.6. The summed E-state index contributed by atoms with van der Waals surface area (Å²) < 4.78 is 0. The average molecular weight is 569 g/mol. The Kier molecular flexibility index (Phi) is 6.12. The molecule has 3 aromatic rings. The zero-order valence-corrected chi connectivity index (χ0v) is 26.5. The van der Waals surface area contributed by atoms with E-state index in [0.29, 0.717) is 0 Å². The van der Waals surface area contributed by atoms with Gasteiger partial charge in [-0.2, -0.15) is 0 Å². The number of nitrogens with one attached hydrogen (secondary N) is 2. The molecular formula is C40H44N2O. The first-order valence-electron chi connectivity index (χ1n) is 16.0. The van der Waals surface area contributed by atoms with Crippen molar-refractivity contribution in [3.05, 3.63) is 105 Å². The molecule has 0 saturated heterocycles. The molecule has 7 rings (SSSR count). The number of aliphatic hydroxyl groups is 1. The molecular weight excluding hydrogens is 524 g/mol. The van der Waals surface area contributed by atoms with Crippen molar-refractivity contribution in [1.82, 2.24) is 0 Å². The summed E-state index contributed by atoms with van der Waals surface area (Å²) in [6.07, 6.45) is 17.7. The van der Waals surface area contributed by atoms with Crippen LogP contribution in [0.5, 0.6) is 0 Å². The number of allylic oxidation sites excluding steroid dienone is 2. The molecule has 0 amide bonds. The van der Waals surface area contributed by atoms with Crippen molar-refractivity contribution >= 4 is 22.5 Å². The Bertz CT molecular complexity index is 1680.